The molecule has 0 aliphatic heterocycles. The molecule has 0 aromatic carbocycles. The predicted octanol–water partition coefficient (Wildman–Crippen LogP) is 11.5. The SMILES string of the molecule is CCC/C=C/C/C=C/C/C=C/C/C=C/CCCCCC(=O)OC[C@H](COP(=O)(O)OCCN)OC(=O)/C=C/C=C/CCCCCCCCCCCCC. The number of phosphoric ester groups is 1. The first-order valence-electron chi connectivity index (χ1n) is 20.5. The van der Waals surface area contributed by atoms with Crippen LogP contribution in [0.4, 0.5) is 0 Å². The molecule has 0 aliphatic rings. The summed E-state index contributed by atoms with van der Waals surface area (Å²) in [6, 6.07) is 0. The number of hydrogen-bond acceptors (Lipinski definition) is 8. The third-order valence-electron chi connectivity index (χ3n) is 8.15. The Labute approximate surface area is 322 Å². The summed E-state index contributed by atoms with van der Waals surface area (Å²) in [5, 5.41) is 0. The van der Waals surface area contributed by atoms with Gasteiger partial charge in [0.05, 0.1) is 13.2 Å². The van der Waals surface area contributed by atoms with E-state index < -0.39 is 32.5 Å². The predicted molar refractivity (Wildman–Crippen MR) is 219 cm³/mol. The number of carbonyl (C=O) groups is 2. The van der Waals surface area contributed by atoms with E-state index in [0.29, 0.717) is 6.42 Å². The van der Waals surface area contributed by atoms with Crippen molar-refractivity contribution in [3.8, 4) is 0 Å². The van der Waals surface area contributed by atoms with E-state index in [2.05, 4.69) is 62.5 Å². The highest BCUT2D eigenvalue weighted by Crippen LogP contribution is 2.43. The molecule has 0 radical (unpaired) electrons. The number of rotatable bonds is 37. The second-order valence-electron chi connectivity index (χ2n) is 13.2. The van der Waals surface area contributed by atoms with Gasteiger partial charge in [-0.25, -0.2) is 9.36 Å². The topological polar surface area (TPSA) is 134 Å². The lowest BCUT2D eigenvalue weighted by atomic mass is 10.1. The minimum Gasteiger partial charge on any atom is -0.462 e. The van der Waals surface area contributed by atoms with E-state index in [-0.39, 0.29) is 26.2 Å². The van der Waals surface area contributed by atoms with E-state index in [1.165, 1.54) is 76.7 Å². The highest BCUT2D eigenvalue weighted by atomic mass is 31.2. The molecule has 0 fully saturated rings. The van der Waals surface area contributed by atoms with Gasteiger partial charge in [0.25, 0.3) is 0 Å². The molecule has 10 heteroatoms. The molecule has 3 N–H and O–H groups in total. The third-order valence-corrected chi connectivity index (χ3v) is 9.14. The molecule has 2 atom stereocenters. The van der Waals surface area contributed by atoms with Gasteiger partial charge in [0, 0.05) is 19.0 Å². The summed E-state index contributed by atoms with van der Waals surface area (Å²) >= 11 is 0. The average Bonchev–Trinajstić information content (AvgIpc) is 3.14. The highest BCUT2D eigenvalue weighted by molar-refractivity contribution is 7.47. The van der Waals surface area contributed by atoms with Crippen LogP contribution < -0.4 is 5.73 Å². The molecule has 0 aromatic rings. The van der Waals surface area contributed by atoms with Gasteiger partial charge in [-0.15, -0.1) is 0 Å². The smallest absolute Gasteiger partial charge is 0.462 e. The molecule has 0 spiro atoms. The number of carbonyl (C=O) groups excluding carboxylic acids is 2. The number of allylic oxidation sites excluding steroid dienone is 11. The Morgan fingerprint density at radius 3 is 1.74 bits per heavy atom. The Morgan fingerprint density at radius 1 is 0.623 bits per heavy atom. The zero-order valence-electron chi connectivity index (χ0n) is 33.2. The molecule has 0 aromatic heterocycles. The molecular weight excluding hydrogens is 689 g/mol. The Hall–Kier alpha value is -2.55. The van der Waals surface area contributed by atoms with Crippen LogP contribution in [0.1, 0.15) is 155 Å². The van der Waals surface area contributed by atoms with Gasteiger partial charge in [-0.05, 0) is 57.8 Å². The first-order valence-corrected chi connectivity index (χ1v) is 22.0. The van der Waals surface area contributed by atoms with Gasteiger partial charge in [-0.2, -0.15) is 0 Å². The van der Waals surface area contributed by atoms with E-state index in [1.807, 2.05) is 6.08 Å². The lowest BCUT2D eigenvalue weighted by Gasteiger charge is -2.19. The van der Waals surface area contributed by atoms with Crippen molar-refractivity contribution in [1.29, 1.82) is 0 Å². The highest BCUT2D eigenvalue weighted by Gasteiger charge is 2.25. The van der Waals surface area contributed by atoms with Gasteiger partial charge in [-0.1, -0.05) is 158 Å². The van der Waals surface area contributed by atoms with E-state index in [1.54, 1.807) is 12.2 Å². The van der Waals surface area contributed by atoms with Crippen LogP contribution in [-0.4, -0.2) is 49.3 Å². The molecule has 0 heterocycles. The minimum absolute atomic E-state index is 0.0327. The van der Waals surface area contributed by atoms with Crippen LogP contribution in [0.15, 0.2) is 72.9 Å². The van der Waals surface area contributed by atoms with Crippen molar-refractivity contribution in [3.63, 3.8) is 0 Å². The molecule has 0 bridgehead atoms. The van der Waals surface area contributed by atoms with Crippen LogP contribution in [-0.2, 0) is 32.7 Å². The summed E-state index contributed by atoms with van der Waals surface area (Å²) in [6.45, 7) is 3.48. The van der Waals surface area contributed by atoms with Crippen molar-refractivity contribution in [2.75, 3.05) is 26.4 Å². The fourth-order valence-electron chi connectivity index (χ4n) is 5.12. The van der Waals surface area contributed by atoms with Crippen LogP contribution >= 0.6 is 7.82 Å². The number of nitrogens with two attached hydrogens (primary N) is 1. The van der Waals surface area contributed by atoms with Gasteiger partial charge in [0.2, 0.25) is 0 Å². The Morgan fingerprint density at radius 2 is 1.15 bits per heavy atom. The zero-order chi connectivity index (χ0) is 38.9. The zero-order valence-corrected chi connectivity index (χ0v) is 34.1. The number of phosphoric acid groups is 1. The van der Waals surface area contributed by atoms with Crippen molar-refractivity contribution < 1.29 is 37.6 Å². The molecule has 9 nitrogen and oxygen atoms in total. The number of hydrogen-bond donors (Lipinski definition) is 2. The first-order chi connectivity index (χ1) is 25.8. The molecule has 0 aliphatic carbocycles. The van der Waals surface area contributed by atoms with Gasteiger partial charge >= 0.3 is 19.8 Å². The quantitative estimate of drug-likeness (QED) is 0.0158. The van der Waals surface area contributed by atoms with E-state index in [0.717, 1.165) is 57.8 Å². The fraction of sp³-hybridized carbons (Fsp3) is 0.674. The van der Waals surface area contributed by atoms with E-state index in [9.17, 15) is 19.0 Å². The largest absolute Gasteiger partial charge is 0.472 e. The first kappa shape index (κ1) is 50.5. The maximum absolute atomic E-state index is 12.4. The molecule has 0 saturated heterocycles. The Balaban J connectivity index is 4.36. The molecule has 304 valence electrons. The number of unbranched alkanes of at least 4 members (excludes halogenated alkanes) is 15. The standard InChI is InChI=1S/C43H74NO8P/c1-3-5-7-9-11-13-15-17-19-20-22-23-25-27-29-31-33-35-42(45)49-39-41(40-51-53(47,48)50-38-37-44)52-43(46)36-34-32-30-28-26-24-21-18-16-14-12-10-8-6-4-2/h7,9,13,15,19-20,23,25,30,32,34,36,41H,3-6,8,10-12,14,16-18,21-22,24,26-29,31,33,35,37-40,44H2,1-2H3,(H,47,48)/b9-7+,15-13+,20-19+,25-23+,32-30+,36-34+/t41-/m1/s1. The maximum Gasteiger partial charge on any atom is 0.472 e. The van der Waals surface area contributed by atoms with Gasteiger partial charge in [0.15, 0.2) is 6.10 Å². The van der Waals surface area contributed by atoms with Crippen molar-refractivity contribution >= 4 is 19.8 Å². The lowest BCUT2D eigenvalue weighted by molar-refractivity contribution is -0.157. The van der Waals surface area contributed by atoms with E-state index in [4.69, 9.17) is 24.3 Å². The summed E-state index contributed by atoms with van der Waals surface area (Å²) in [7, 11) is -4.41. The third kappa shape index (κ3) is 39.0. The van der Waals surface area contributed by atoms with Gasteiger partial charge in [0.1, 0.15) is 6.61 Å². The second-order valence-corrected chi connectivity index (χ2v) is 14.7. The van der Waals surface area contributed by atoms with Crippen molar-refractivity contribution in [2.45, 2.75) is 161 Å². The molecule has 0 amide bonds. The summed E-state index contributed by atoms with van der Waals surface area (Å²) in [5.74, 6) is -1.12. The second kappa shape index (κ2) is 39.2. The lowest BCUT2D eigenvalue weighted by Crippen LogP contribution is -2.29. The molecule has 0 saturated carbocycles. The molecule has 1 unspecified atom stereocenters. The fourth-order valence-corrected chi connectivity index (χ4v) is 5.88. The van der Waals surface area contributed by atoms with Crippen LogP contribution in [0.3, 0.4) is 0 Å². The van der Waals surface area contributed by atoms with Crippen LogP contribution in [0, 0.1) is 0 Å². The maximum atomic E-state index is 12.4. The normalized spacial score (nSPS) is 14.1. The molecular formula is C43H74NO8P. The molecule has 0 rings (SSSR count). The van der Waals surface area contributed by atoms with Crippen LogP contribution in [0.2, 0.25) is 0 Å². The van der Waals surface area contributed by atoms with Crippen molar-refractivity contribution in [3.05, 3.63) is 72.9 Å². The number of esters is 2. The van der Waals surface area contributed by atoms with Gasteiger partial charge < -0.3 is 20.1 Å². The monoisotopic (exact) mass is 764 g/mol. The summed E-state index contributed by atoms with van der Waals surface area (Å²) < 4.78 is 32.5. The van der Waals surface area contributed by atoms with Crippen molar-refractivity contribution in [1.82, 2.24) is 0 Å². The van der Waals surface area contributed by atoms with Gasteiger partial charge in [-0.3, -0.25) is 13.8 Å². The minimum atomic E-state index is -4.41. The van der Waals surface area contributed by atoms with Crippen molar-refractivity contribution in [2.24, 2.45) is 5.73 Å². The average molecular weight is 764 g/mol. The summed E-state index contributed by atoms with van der Waals surface area (Å²) in [6.07, 6.45) is 47.1. The van der Waals surface area contributed by atoms with E-state index >= 15 is 0 Å². The Kier molecular flexibility index (Phi) is 37.3. The Bertz CT molecular complexity index is 1100. The van der Waals surface area contributed by atoms with Crippen LogP contribution in [0.25, 0.3) is 0 Å². The summed E-state index contributed by atoms with van der Waals surface area (Å²) in [5.41, 5.74) is 5.33. The molecule has 53 heavy (non-hydrogen) atoms. The number of ether oxygens (including phenoxy) is 2. The summed E-state index contributed by atoms with van der Waals surface area (Å²) in [4.78, 5) is 34.7. The van der Waals surface area contributed by atoms with Crippen LogP contribution in [0.5, 0.6) is 0 Å².